The zero-order valence-electron chi connectivity index (χ0n) is 20.2. The van der Waals surface area contributed by atoms with Crippen LogP contribution in [0.4, 0.5) is 0 Å². The van der Waals surface area contributed by atoms with Crippen LogP contribution in [0.25, 0.3) is 0 Å². The second kappa shape index (κ2) is 11.8. The third-order valence-electron chi connectivity index (χ3n) is 5.60. The molecule has 5 nitrogen and oxygen atoms in total. The van der Waals surface area contributed by atoms with Crippen LogP contribution in [-0.4, -0.2) is 35.4 Å². The average molecular weight is 493 g/mol. The predicted molar refractivity (Wildman–Crippen MR) is 135 cm³/mol. The Kier molecular flexibility index (Phi) is 9.62. The number of amides is 2. The number of hydrogen-bond acceptors (Lipinski definition) is 3. The SMILES string of the molecule is CC[C@@H](C)NC(=O)[C@H](C)N(Cc1c(Cl)cccc1Cl)C(=O)COc1ccccc1C(C)(C)C. The summed E-state index contributed by atoms with van der Waals surface area (Å²) in [6.45, 7) is 11.8. The van der Waals surface area contributed by atoms with Crippen molar-refractivity contribution in [1.82, 2.24) is 10.2 Å². The summed E-state index contributed by atoms with van der Waals surface area (Å²) in [6.07, 6.45) is 0.787. The number of hydrogen-bond donors (Lipinski definition) is 1. The van der Waals surface area contributed by atoms with Crippen LogP contribution in [0.15, 0.2) is 42.5 Å². The van der Waals surface area contributed by atoms with Crippen molar-refractivity contribution in [3.8, 4) is 5.75 Å². The Morgan fingerprint density at radius 1 is 1.03 bits per heavy atom. The lowest BCUT2D eigenvalue weighted by Crippen LogP contribution is -2.50. The van der Waals surface area contributed by atoms with E-state index in [2.05, 4.69) is 26.1 Å². The molecule has 0 aliphatic heterocycles. The van der Waals surface area contributed by atoms with E-state index in [1.54, 1.807) is 25.1 Å². The Balaban J connectivity index is 2.29. The van der Waals surface area contributed by atoms with E-state index in [4.69, 9.17) is 27.9 Å². The normalized spacial score (nSPS) is 13.2. The fraction of sp³-hybridized carbons (Fsp3) is 0.462. The summed E-state index contributed by atoms with van der Waals surface area (Å²) in [4.78, 5) is 27.7. The third kappa shape index (κ3) is 7.38. The highest BCUT2D eigenvalue weighted by atomic mass is 35.5. The van der Waals surface area contributed by atoms with Crippen molar-refractivity contribution in [3.63, 3.8) is 0 Å². The molecule has 2 aromatic rings. The van der Waals surface area contributed by atoms with Crippen molar-refractivity contribution in [2.24, 2.45) is 0 Å². The third-order valence-corrected chi connectivity index (χ3v) is 6.31. The largest absolute Gasteiger partial charge is 0.483 e. The summed E-state index contributed by atoms with van der Waals surface area (Å²) in [5.74, 6) is 0.0725. The van der Waals surface area contributed by atoms with Gasteiger partial charge in [0.2, 0.25) is 5.91 Å². The highest BCUT2D eigenvalue weighted by Crippen LogP contribution is 2.31. The number of nitrogens with one attached hydrogen (secondary N) is 1. The molecule has 2 amide bonds. The zero-order valence-corrected chi connectivity index (χ0v) is 21.8. The molecule has 0 aromatic heterocycles. The highest BCUT2D eigenvalue weighted by Gasteiger charge is 2.29. The van der Waals surface area contributed by atoms with E-state index >= 15 is 0 Å². The van der Waals surface area contributed by atoms with Crippen LogP contribution in [0.1, 0.15) is 59.1 Å². The molecule has 2 rings (SSSR count). The van der Waals surface area contributed by atoms with Crippen molar-refractivity contribution < 1.29 is 14.3 Å². The van der Waals surface area contributed by atoms with E-state index in [1.165, 1.54) is 4.90 Å². The van der Waals surface area contributed by atoms with Gasteiger partial charge in [0, 0.05) is 28.2 Å². The van der Waals surface area contributed by atoms with Crippen molar-refractivity contribution in [2.75, 3.05) is 6.61 Å². The average Bonchev–Trinajstić information content (AvgIpc) is 2.76. The Morgan fingerprint density at radius 2 is 1.64 bits per heavy atom. The van der Waals surface area contributed by atoms with Crippen LogP contribution in [0.5, 0.6) is 5.75 Å². The summed E-state index contributed by atoms with van der Waals surface area (Å²) in [6, 6.07) is 12.1. The molecule has 180 valence electrons. The lowest BCUT2D eigenvalue weighted by Gasteiger charge is -2.30. The summed E-state index contributed by atoms with van der Waals surface area (Å²) < 4.78 is 5.95. The number of carbonyl (C=O) groups is 2. The second-order valence-corrected chi connectivity index (χ2v) is 10.1. The molecule has 0 spiro atoms. The van der Waals surface area contributed by atoms with E-state index in [9.17, 15) is 9.59 Å². The molecule has 0 saturated carbocycles. The van der Waals surface area contributed by atoms with Gasteiger partial charge in [-0.2, -0.15) is 0 Å². The van der Waals surface area contributed by atoms with E-state index in [-0.39, 0.29) is 36.4 Å². The number of para-hydroxylation sites is 1. The van der Waals surface area contributed by atoms with Gasteiger partial charge in [0.1, 0.15) is 11.8 Å². The molecule has 1 N–H and O–H groups in total. The van der Waals surface area contributed by atoms with Gasteiger partial charge in [0.05, 0.1) is 0 Å². The van der Waals surface area contributed by atoms with Gasteiger partial charge >= 0.3 is 0 Å². The summed E-state index contributed by atoms with van der Waals surface area (Å²) in [7, 11) is 0. The van der Waals surface area contributed by atoms with Gasteiger partial charge in [-0.05, 0) is 49.4 Å². The Labute approximate surface area is 207 Å². The van der Waals surface area contributed by atoms with Crippen LogP contribution in [0.2, 0.25) is 10.0 Å². The van der Waals surface area contributed by atoms with E-state index in [1.807, 2.05) is 38.1 Å². The number of ether oxygens (including phenoxy) is 1. The smallest absolute Gasteiger partial charge is 0.261 e. The Hall–Kier alpha value is -2.24. The van der Waals surface area contributed by atoms with Crippen molar-refractivity contribution >= 4 is 35.0 Å². The van der Waals surface area contributed by atoms with Crippen LogP contribution < -0.4 is 10.1 Å². The first kappa shape index (κ1) is 27.0. The molecule has 0 aliphatic rings. The number of benzene rings is 2. The predicted octanol–water partition coefficient (Wildman–Crippen LogP) is 6.00. The van der Waals surface area contributed by atoms with E-state index in [0.717, 1.165) is 12.0 Å². The zero-order chi connectivity index (χ0) is 24.8. The van der Waals surface area contributed by atoms with Gasteiger partial charge in [-0.25, -0.2) is 0 Å². The van der Waals surface area contributed by atoms with Gasteiger partial charge < -0.3 is 15.0 Å². The highest BCUT2D eigenvalue weighted by molar-refractivity contribution is 6.36. The van der Waals surface area contributed by atoms with Gasteiger partial charge in [0.15, 0.2) is 6.61 Å². The minimum atomic E-state index is -0.736. The van der Waals surface area contributed by atoms with Crippen LogP contribution in [-0.2, 0) is 21.5 Å². The molecule has 0 bridgehead atoms. The number of halogens is 2. The summed E-state index contributed by atoms with van der Waals surface area (Å²) in [5, 5.41) is 3.82. The quantitative estimate of drug-likeness (QED) is 0.466. The fourth-order valence-corrected chi connectivity index (χ4v) is 3.85. The first-order valence-corrected chi connectivity index (χ1v) is 12.0. The Bertz CT molecular complexity index is 952. The maximum absolute atomic E-state index is 13.3. The van der Waals surface area contributed by atoms with Gasteiger partial charge in [-0.15, -0.1) is 0 Å². The molecule has 0 heterocycles. The van der Waals surface area contributed by atoms with E-state index in [0.29, 0.717) is 21.4 Å². The maximum Gasteiger partial charge on any atom is 0.261 e. The van der Waals surface area contributed by atoms with E-state index < -0.39 is 6.04 Å². The molecular formula is C26H34Cl2N2O3. The molecule has 2 aromatic carbocycles. The van der Waals surface area contributed by atoms with Crippen molar-refractivity contribution in [2.45, 2.75) is 72.0 Å². The standard InChI is InChI=1S/C26H34Cl2N2O3/c1-7-17(2)29-25(32)18(3)30(15-19-21(27)12-10-13-22(19)28)24(31)16-33-23-14-9-8-11-20(23)26(4,5)6/h8-14,17-18H,7,15-16H2,1-6H3,(H,29,32)/t17-,18+/m1/s1. The van der Waals surface area contributed by atoms with Crippen LogP contribution in [0.3, 0.4) is 0 Å². The first-order chi connectivity index (χ1) is 15.5. The van der Waals surface area contributed by atoms with Crippen molar-refractivity contribution in [3.05, 3.63) is 63.6 Å². The molecule has 0 unspecified atom stereocenters. The molecule has 0 fully saturated rings. The molecule has 0 aliphatic carbocycles. The Morgan fingerprint density at radius 3 is 2.21 bits per heavy atom. The minimum Gasteiger partial charge on any atom is -0.483 e. The number of carbonyl (C=O) groups excluding carboxylic acids is 2. The van der Waals surface area contributed by atoms with Gasteiger partial charge in [-0.3, -0.25) is 9.59 Å². The molecule has 7 heteroatoms. The molecular weight excluding hydrogens is 459 g/mol. The monoisotopic (exact) mass is 492 g/mol. The second-order valence-electron chi connectivity index (χ2n) is 9.25. The topological polar surface area (TPSA) is 58.6 Å². The first-order valence-electron chi connectivity index (χ1n) is 11.2. The molecule has 33 heavy (non-hydrogen) atoms. The fourth-order valence-electron chi connectivity index (χ4n) is 3.34. The lowest BCUT2D eigenvalue weighted by atomic mass is 9.86. The summed E-state index contributed by atoms with van der Waals surface area (Å²) >= 11 is 12.7. The van der Waals surface area contributed by atoms with Crippen LogP contribution >= 0.6 is 23.2 Å². The van der Waals surface area contributed by atoms with Crippen molar-refractivity contribution in [1.29, 1.82) is 0 Å². The molecule has 2 atom stereocenters. The minimum absolute atomic E-state index is 0.00397. The van der Waals surface area contributed by atoms with Gasteiger partial charge in [0.25, 0.3) is 5.91 Å². The number of rotatable bonds is 9. The summed E-state index contributed by atoms with van der Waals surface area (Å²) in [5.41, 5.74) is 1.45. The molecule has 0 radical (unpaired) electrons. The lowest BCUT2D eigenvalue weighted by molar-refractivity contribution is -0.142. The maximum atomic E-state index is 13.3. The number of nitrogens with zero attached hydrogens (tertiary/aromatic N) is 1. The molecule has 0 saturated heterocycles. The van der Waals surface area contributed by atoms with Gasteiger partial charge in [-0.1, -0.05) is 75.2 Å². The van der Waals surface area contributed by atoms with Crippen LogP contribution in [0, 0.1) is 0 Å².